The number of rotatable bonds is 11. The third kappa shape index (κ3) is 7.03. The van der Waals surface area contributed by atoms with Crippen LogP contribution in [0.25, 0.3) is 0 Å². The number of carbonyl (C=O) groups excluding carboxylic acids is 3. The minimum Gasteiger partial charge on any atom is -0.370 e. The Bertz CT molecular complexity index is 1060. The fraction of sp³-hybridized carbons (Fsp3) is 0.500. The van der Waals surface area contributed by atoms with E-state index < -0.39 is 23.9 Å². The quantitative estimate of drug-likeness (QED) is 0.131. The van der Waals surface area contributed by atoms with Crippen molar-refractivity contribution >= 4 is 29.5 Å². The third-order valence-corrected chi connectivity index (χ3v) is 6.34. The van der Waals surface area contributed by atoms with Crippen molar-refractivity contribution in [3.05, 3.63) is 41.7 Å². The number of aliphatic imine (C=N–C) groups is 1. The van der Waals surface area contributed by atoms with E-state index in [0.29, 0.717) is 24.9 Å². The van der Waals surface area contributed by atoms with Gasteiger partial charge in [-0.1, -0.05) is 49.6 Å². The van der Waals surface area contributed by atoms with Crippen LogP contribution in [0.15, 0.2) is 35.3 Å². The number of nitrogens with one attached hydrogen (secondary N) is 2. The number of ketones is 1. The standard InChI is InChI=1S/C24H35N9O3/c1-15(33(17-11-6-3-7-12-17)22(36)20-30-24(27)32-31-20)21(35)29-18(13-8-14-28-23(25)26)19(34)16-9-4-2-5-10-16/h2,4-5,9-10,15,17-18H,3,6-8,11-14H2,1H3,(H,29,35)(H4,25,26,28)(H3,27,30,31,32)/t15-,18-/m0/s1. The van der Waals surface area contributed by atoms with Crippen molar-refractivity contribution in [2.45, 2.75) is 70.0 Å². The summed E-state index contributed by atoms with van der Waals surface area (Å²) in [5, 5.41) is 9.17. The Labute approximate surface area is 210 Å². The first-order valence-electron chi connectivity index (χ1n) is 12.2. The van der Waals surface area contributed by atoms with E-state index in [1.807, 2.05) is 6.07 Å². The van der Waals surface area contributed by atoms with Gasteiger partial charge in [-0.05, 0) is 32.6 Å². The van der Waals surface area contributed by atoms with Crippen molar-refractivity contribution in [2.75, 3.05) is 12.3 Å². The number of amides is 2. The third-order valence-electron chi connectivity index (χ3n) is 6.34. The van der Waals surface area contributed by atoms with Gasteiger partial charge in [-0.2, -0.15) is 4.98 Å². The molecule has 12 nitrogen and oxygen atoms in total. The van der Waals surface area contributed by atoms with Crippen molar-refractivity contribution in [2.24, 2.45) is 16.5 Å². The molecule has 1 aliphatic rings. The highest BCUT2D eigenvalue weighted by atomic mass is 16.2. The second kappa shape index (κ2) is 12.7. The average Bonchev–Trinajstić information content (AvgIpc) is 3.32. The number of guanidine groups is 1. The van der Waals surface area contributed by atoms with E-state index in [4.69, 9.17) is 17.2 Å². The van der Waals surface area contributed by atoms with Crippen LogP contribution in [0.3, 0.4) is 0 Å². The molecular formula is C24H35N9O3. The zero-order valence-electron chi connectivity index (χ0n) is 20.5. The Morgan fingerprint density at radius 1 is 1.17 bits per heavy atom. The number of hydrogen-bond donors (Lipinski definition) is 5. The van der Waals surface area contributed by atoms with Gasteiger partial charge in [-0.25, -0.2) is 0 Å². The molecule has 0 spiro atoms. The molecule has 2 atom stereocenters. The monoisotopic (exact) mass is 497 g/mol. The number of anilines is 1. The van der Waals surface area contributed by atoms with Crippen LogP contribution in [0, 0.1) is 0 Å². The molecule has 1 aliphatic carbocycles. The Morgan fingerprint density at radius 3 is 2.47 bits per heavy atom. The maximum absolute atomic E-state index is 13.5. The van der Waals surface area contributed by atoms with Gasteiger partial charge in [0.25, 0.3) is 5.91 Å². The minimum atomic E-state index is -0.851. The molecule has 12 heteroatoms. The van der Waals surface area contributed by atoms with Gasteiger partial charge in [-0.3, -0.25) is 24.5 Å². The van der Waals surface area contributed by atoms with Gasteiger partial charge in [0.2, 0.25) is 17.7 Å². The summed E-state index contributed by atoms with van der Waals surface area (Å²) >= 11 is 0. The Hall–Kier alpha value is -3.96. The van der Waals surface area contributed by atoms with E-state index in [0.717, 1.165) is 32.1 Å². The van der Waals surface area contributed by atoms with E-state index >= 15 is 0 Å². The number of nitrogens with zero attached hydrogens (tertiary/aromatic N) is 4. The molecule has 2 aromatic rings. The van der Waals surface area contributed by atoms with Gasteiger partial charge >= 0.3 is 0 Å². The van der Waals surface area contributed by atoms with Crippen LogP contribution in [0.5, 0.6) is 0 Å². The second-order valence-electron chi connectivity index (χ2n) is 8.96. The number of Topliss-reactive ketones (excluding diaryl/α,β-unsaturated/α-hetero) is 1. The van der Waals surface area contributed by atoms with Crippen molar-refractivity contribution in [3.63, 3.8) is 0 Å². The fourth-order valence-electron chi connectivity index (χ4n) is 4.50. The van der Waals surface area contributed by atoms with Crippen molar-refractivity contribution in [1.29, 1.82) is 0 Å². The highest BCUT2D eigenvalue weighted by Gasteiger charge is 2.36. The molecule has 1 fully saturated rings. The average molecular weight is 498 g/mol. The van der Waals surface area contributed by atoms with E-state index in [2.05, 4.69) is 25.5 Å². The molecule has 1 saturated carbocycles. The summed E-state index contributed by atoms with van der Waals surface area (Å²) in [7, 11) is 0. The van der Waals surface area contributed by atoms with Gasteiger partial charge < -0.3 is 27.4 Å². The summed E-state index contributed by atoms with van der Waals surface area (Å²) < 4.78 is 0. The summed E-state index contributed by atoms with van der Waals surface area (Å²) in [6.45, 7) is 1.98. The number of H-pyrrole nitrogens is 1. The molecule has 0 bridgehead atoms. The predicted molar refractivity (Wildman–Crippen MR) is 136 cm³/mol. The molecule has 0 radical (unpaired) electrons. The molecule has 1 heterocycles. The number of nitrogens with two attached hydrogens (primary N) is 3. The number of aromatic amines is 1. The molecule has 0 aliphatic heterocycles. The summed E-state index contributed by atoms with van der Waals surface area (Å²) in [5.41, 5.74) is 16.9. The van der Waals surface area contributed by atoms with E-state index in [1.165, 1.54) is 4.90 Å². The maximum atomic E-state index is 13.5. The lowest BCUT2D eigenvalue weighted by atomic mass is 9.92. The highest BCUT2D eigenvalue weighted by molar-refractivity contribution is 6.03. The van der Waals surface area contributed by atoms with Gasteiger partial charge in [0.15, 0.2) is 11.7 Å². The topological polar surface area (TPSA) is 198 Å². The van der Waals surface area contributed by atoms with Crippen molar-refractivity contribution in [1.82, 2.24) is 25.4 Å². The Morgan fingerprint density at radius 2 is 1.86 bits per heavy atom. The SMILES string of the molecule is C[C@@H](C(=O)N[C@@H](CCCN=C(N)N)C(=O)c1ccccc1)N(C(=O)c1nc(N)n[nH]1)C1CCCCC1. The fourth-order valence-corrected chi connectivity index (χ4v) is 4.50. The van der Waals surface area contributed by atoms with Crippen molar-refractivity contribution < 1.29 is 14.4 Å². The van der Waals surface area contributed by atoms with Crippen LogP contribution in [0.1, 0.15) is 72.8 Å². The van der Waals surface area contributed by atoms with E-state index in [9.17, 15) is 14.4 Å². The molecule has 0 unspecified atom stereocenters. The van der Waals surface area contributed by atoms with Gasteiger partial charge in [0.1, 0.15) is 6.04 Å². The number of aromatic nitrogens is 3. The Balaban J connectivity index is 1.80. The number of hydrogen-bond acceptors (Lipinski definition) is 7. The largest absolute Gasteiger partial charge is 0.370 e. The minimum absolute atomic E-state index is 0.0214. The lowest BCUT2D eigenvalue weighted by molar-refractivity contribution is -0.126. The smallest absolute Gasteiger partial charge is 0.292 e. The van der Waals surface area contributed by atoms with E-state index in [1.54, 1.807) is 31.2 Å². The molecule has 36 heavy (non-hydrogen) atoms. The molecule has 3 rings (SSSR count). The summed E-state index contributed by atoms with van der Waals surface area (Å²) in [4.78, 5) is 49.5. The first kappa shape index (κ1) is 26.6. The van der Waals surface area contributed by atoms with Crippen LogP contribution < -0.4 is 22.5 Å². The van der Waals surface area contributed by atoms with Crippen LogP contribution in [0.4, 0.5) is 5.95 Å². The Kier molecular flexibility index (Phi) is 9.37. The summed E-state index contributed by atoms with van der Waals surface area (Å²) in [6, 6.07) is 6.96. The first-order valence-corrected chi connectivity index (χ1v) is 12.2. The van der Waals surface area contributed by atoms with Crippen molar-refractivity contribution in [3.8, 4) is 0 Å². The maximum Gasteiger partial charge on any atom is 0.292 e. The van der Waals surface area contributed by atoms with Crippen LogP contribution in [-0.4, -0.2) is 68.3 Å². The van der Waals surface area contributed by atoms with Gasteiger partial charge in [-0.15, -0.1) is 5.10 Å². The molecule has 8 N–H and O–H groups in total. The van der Waals surface area contributed by atoms with Crippen LogP contribution in [-0.2, 0) is 4.79 Å². The summed E-state index contributed by atoms with van der Waals surface area (Å²) in [6.07, 6.45) is 5.37. The first-order chi connectivity index (χ1) is 17.3. The predicted octanol–water partition coefficient (Wildman–Crippen LogP) is 0.972. The second-order valence-corrected chi connectivity index (χ2v) is 8.96. The van der Waals surface area contributed by atoms with E-state index in [-0.39, 0.29) is 29.6 Å². The molecule has 1 aromatic heterocycles. The highest BCUT2D eigenvalue weighted by Crippen LogP contribution is 2.26. The lowest BCUT2D eigenvalue weighted by Crippen LogP contribution is -2.55. The zero-order chi connectivity index (χ0) is 26.1. The van der Waals surface area contributed by atoms with Gasteiger partial charge in [0, 0.05) is 18.2 Å². The number of nitrogen functional groups attached to an aromatic ring is 1. The molecule has 0 saturated heterocycles. The lowest BCUT2D eigenvalue weighted by Gasteiger charge is -2.37. The van der Waals surface area contributed by atoms with Crippen LogP contribution in [0.2, 0.25) is 0 Å². The summed E-state index contributed by atoms with van der Waals surface area (Å²) in [5.74, 6) is -1.21. The number of carbonyl (C=O) groups is 3. The molecule has 1 aromatic carbocycles. The normalized spacial score (nSPS) is 15.5. The molecule has 2 amide bonds. The van der Waals surface area contributed by atoms with Crippen LogP contribution >= 0.6 is 0 Å². The van der Waals surface area contributed by atoms with Gasteiger partial charge in [0.05, 0.1) is 6.04 Å². The zero-order valence-corrected chi connectivity index (χ0v) is 20.5. The number of benzene rings is 1. The molecular weight excluding hydrogens is 462 g/mol. The molecule has 194 valence electrons.